The summed E-state index contributed by atoms with van der Waals surface area (Å²) in [5, 5.41) is 22.4. The Labute approximate surface area is 337 Å². The first-order valence-corrected chi connectivity index (χ1v) is 22.0. The van der Waals surface area contributed by atoms with E-state index in [-0.39, 0.29) is 43.9 Å². The Kier molecular flexibility index (Phi) is 16.7. The topological polar surface area (TPSA) is 165 Å². The highest BCUT2D eigenvalue weighted by atomic mass is 31.2. The number of aromatic amines is 1. The predicted octanol–water partition coefficient (Wildman–Crippen LogP) is 5.51. The van der Waals surface area contributed by atoms with Crippen LogP contribution in [0.3, 0.4) is 0 Å². The number of esters is 1. The number of aliphatic hydroxyl groups excluding tert-OH is 1. The van der Waals surface area contributed by atoms with Crippen molar-refractivity contribution in [2.75, 3.05) is 33.0 Å². The molecule has 1 aromatic heterocycles. The van der Waals surface area contributed by atoms with Gasteiger partial charge in [-0.05, 0) is 55.2 Å². The van der Waals surface area contributed by atoms with Crippen LogP contribution in [-0.2, 0) is 22.9 Å². The molecule has 57 heavy (non-hydrogen) atoms. The maximum atomic E-state index is 13.4. The van der Waals surface area contributed by atoms with E-state index in [0.717, 1.165) is 21.0 Å². The number of nitrogens with one attached hydrogen (secondary N) is 1. The molecule has 15 heteroatoms. The van der Waals surface area contributed by atoms with E-state index in [1.54, 1.807) is 30.3 Å². The first-order chi connectivity index (χ1) is 27.2. The van der Waals surface area contributed by atoms with Crippen molar-refractivity contribution in [1.82, 2.24) is 14.2 Å². The number of aromatic nitrogens is 2. The van der Waals surface area contributed by atoms with E-state index in [4.69, 9.17) is 22.9 Å². The molecule has 3 aromatic carbocycles. The molecule has 13 nitrogen and oxygen atoms in total. The Morgan fingerprint density at radius 3 is 1.93 bits per heavy atom. The summed E-state index contributed by atoms with van der Waals surface area (Å²) in [6.45, 7) is 12.8. The van der Waals surface area contributed by atoms with Gasteiger partial charge in [0.05, 0.1) is 44.5 Å². The monoisotopic (exact) mass is 818 g/mol. The minimum Gasteiger partial charge on any atom is -0.457 e. The fourth-order valence-electron chi connectivity index (χ4n) is 6.64. The number of nitrogens with zero attached hydrogens (tertiary/aromatic N) is 3. The second kappa shape index (κ2) is 20.9. The number of carbonyl (C=O) groups is 1. The fraction of sp³-hybridized carbons (Fsp3) is 0.429. The van der Waals surface area contributed by atoms with Gasteiger partial charge in [-0.2, -0.15) is 5.26 Å². The Hall–Kier alpha value is -4.29. The molecular formula is C42H55N4O9PSi. The van der Waals surface area contributed by atoms with Gasteiger partial charge in [0.1, 0.15) is 12.2 Å². The van der Waals surface area contributed by atoms with Crippen LogP contribution in [0, 0.1) is 11.3 Å². The molecule has 0 bridgehead atoms. The highest BCUT2D eigenvalue weighted by molar-refractivity contribution is 7.44. The molecule has 4 aromatic rings. The molecule has 0 aliphatic rings. The second-order valence-corrected chi connectivity index (χ2v) is 20.9. The fourth-order valence-corrected chi connectivity index (χ4v) is 13.0. The zero-order chi connectivity index (χ0) is 41.6. The van der Waals surface area contributed by atoms with Gasteiger partial charge in [-0.3, -0.25) is 14.3 Å². The van der Waals surface area contributed by atoms with Crippen molar-refractivity contribution < 1.29 is 32.8 Å². The highest BCUT2D eigenvalue weighted by Crippen LogP contribution is 2.47. The van der Waals surface area contributed by atoms with Crippen LogP contribution in [-0.4, -0.2) is 84.3 Å². The van der Waals surface area contributed by atoms with Crippen molar-refractivity contribution in [1.29, 1.82) is 5.26 Å². The van der Waals surface area contributed by atoms with Gasteiger partial charge >= 0.3 is 11.7 Å². The number of hydrogen-bond acceptors (Lipinski definition) is 11. The number of ether oxygens (including phenoxy) is 2. The second-order valence-electron chi connectivity index (χ2n) is 15.2. The van der Waals surface area contributed by atoms with E-state index in [1.165, 1.54) is 6.20 Å². The predicted molar refractivity (Wildman–Crippen MR) is 223 cm³/mol. The van der Waals surface area contributed by atoms with E-state index in [1.807, 2.05) is 93.0 Å². The lowest BCUT2D eigenvalue weighted by Gasteiger charge is -2.46. The minimum atomic E-state index is -3.26. The van der Waals surface area contributed by atoms with E-state index >= 15 is 0 Å². The van der Waals surface area contributed by atoms with Crippen LogP contribution in [0.5, 0.6) is 0 Å². The summed E-state index contributed by atoms with van der Waals surface area (Å²) < 4.78 is 35.8. The Morgan fingerprint density at radius 2 is 1.44 bits per heavy atom. The lowest BCUT2D eigenvalue weighted by atomic mass is 10.1. The number of rotatable bonds is 21. The molecular weight excluding hydrogens is 764 g/mol. The van der Waals surface area contributed by atoms with Crippen LogP contribution < -0.4 is 21.6 Å². The smallest absolute Gasteiger partial charge is 0.338 e. The molecule has 0 aliphatic heterocycles. The number of nitriles is 1. The van der Waals surface area contributed by atoms with Gasteiger partial charge in [0.2, 0.25) is 0 Å². The zero-order valence-electron chi connectivity index (χ0n) is 33.8. The van der Waals surface area contributed by atoms with Gasteiger partial charge in [-0.25, -0.2) is 14.3 Å². The number of benzene rings is 3. The van der Waals surface area contributed by atoms with E-state index < -0.39 is 64.1 Å². The van der Waals surface area contributed by atoms with Crippen molar-refractivity contribution >= 4 is 33.2 Å². The molecule has 0 spiro atoms. The quantitative estimate of drug-likeness (QED) is 0.0472. The maximum absolute atomic E-state index is 13.4. The molecule has 0 radical (unpaired) electrons. The molecule has 1 unspecified atom stereocenters. The third-order valence-electron chi connectivity index (χ3n) is 9.27. The maximum Gasteiger partial charge on any atom is 0.338 e. The standard InChI is InChI=1S/C42H55N4O9PSi/c1-32(2)46(33(3)4)56(52-27-17-25-43)53-30-42(29-47,31-54-57(41(5,6)7,35-20-13-9-14-21-35)36-22-15-10-16-23-36)55-38(45-26-24-37(48)44-40(45)50)28-51-39(49)34-18-11-8-12-19-34/h8-16,18-24,26,32-33,38,47H,17,27-31H2,1-7H3,(H,44,48,50)/t38-,42-,56?/m1/s1. The van der Waals surface area contributed by atoms with Gasteiger partial charge in [0, 0.05) is 24.3 Å². The normalized spacial score (nSPS) is 14.3. The summed E-state index contributed by atoms with van der Waals surface area (Å²) in [5.74, 6) is -0.671. The summed E-state index contributed by atoms with van der Waals surface area (Å²) in [4.78, 5) is 41.0. The van der Waals surface area contributed by atoms with Gasteiger partial charge in [-0.1, -0.05) is 99.6 Å². The lowest BCUT2D eigenvalue weighted by molar-refractivity contribution is -0.190. The van der Waals surface area contributed by atoms with Crippen molar-refractivity contribution in [3.05, 3.63) is 130 Å². The Morgan fingerprint density at radius 1 is 0.877 bits per heavy atom. The van der Waals surface area contributed by atoms with Gasteiger partial charge in [0.15, 0.2) is 6.23 Å². The van der Waals surface area contributed by atoms with Crippen molar-refractivity contribution in [2.24, 2.45) is 0 Å². The lowest BCUT2D eigenvalue weighted by Crippen LogP contribution is -2.68. The van der Waals surface area contributed by atoms with Crippen molar-refractivity contribution in [3.63, 3.8) is 0 Å². The summed E-state index contributed by atoms with van der Waals surface area (Å²) in [5.41, 5.74) is -2.91. The molecule has 4 rings (SSSR count). The molecule has 306 valence electrons. The number of hydrogen-bond donors (Lipinski definition) is 2. The molecule has 0 fully saturated rings. The number of carbonyl (C=O) groups excluding carboxylic acids is 1. The Balaban J connectivity index is 1.87. The van der Waals surface area contributed by atoms with Gasteiger partial charge in [0.25, 0.3) is 22.4 Å². The van der Waals surface area contributed by atoms with E-state index in [9.17, 15) is 24.8 Å². The van der Waals surface area contributed by atoms with E-state index in [2.05, 4.69) is 31.8 Å². The average Bonchev–Trinajstić information content (AvgIpc) is 3.18. The number of aliphatic hydroxyl groups is 1. The highest BCUT2D eigenvalue weighted by Gasteiger charge is 2.52. The van der Waals surface area contributed by atoms with Crippen molar-refractivity contribution in [3.8, 4) is 6.07 Å². The average molecular weight is 819 g/mol. The Bertz CT molecular complexity index is 1960. The van der Waals surface area contributed by atoms with Crippen LogP contribution in [0.1, 0.15) is 71.5 Å². The van der Waals surface area contributed by atoms with E-state index in [0.29, 0.717) is 0 Å². The molecule has 2 N–H and O–H groups in total. The third-order valence-corrected chi connectivity index (χ3v) is 16.3. The van der Waals surface area contributed by atoms with Crippen LogP contribution in [0.4, 0.5) is 0 Å². The van der Waals surface area contributed by atoms with Gasteiger partial charge in [-0.15, -0.1) is 0 Å². The summed E-state index contributed by atoms with van der Waals surface area (Å²) in [6.07, 6.45) is -0.00213. The van der Waals surface area contributed by atoms with Crippen LogP contribution in [0.25, 0.3) is 0 Å². The molecule has 0 saturated carbocycles. The molecule has 1 heterocycles. The summed E-state index contributed by atoms with van der Waals surface area (Å²) >= 11 is 0. The largest absolute Gasteiger partial charge is 0.457 e. The molecule has 0 saturated heterocycles. The summed E-state index contributed by atoms with van der Waals surface area (Å²) in [6, 6.07) is 31.5. The molecule has 0 aliphatic carbocycles. The SMILES string of the molecule is CC(C)N(C(C)C)P(OCCC#N)OC[C@](CO)(CO[Si](c1ccccc1)(c1ccccc1)C(C)(C)C)O[C@H](COC(=O)c1ccccc1)n1ccc(=O)[nH]c1=O. The third kappa shape index (κ3) is 11.7. The zero-order valence-corrected chi connectivity index (χ0v) is 35.7. The van der Waals surface area contributed by atoms with Crippen LogP contribution in [0.2, 0.25) is 5.04 Å². The first-order valence-electron chi connectivity index (χ1n) is 19.0. The van der Waals surface area contributed by atoms with Crippen LogP contribution in [0.15, 0.2) is 113 Å². The minimum absolute atomic E-state index is 0.0270. The van der Waals surface area contributed by atoms with Gasteiger partial charge < -0.3 is 28.1 Å². The molecule has 3 atom stereocenters. The van der Waals surface area contributed by atoms with Crippen molar-refractivity contribution in [2.45, 2.75) is 83.8 Å². The molecule has 0 amide bonds. The summed E-state index contributed by atoms with van der Waals surface area (Å²) in [7, 11) is -5.09. The first kappa shape index (κ1) is 45.4. The number of H-pyrrole nitrogens is 1. The van der Waals surface area contributed by atoms with Crippen LogP contribution >= 0.6 is 8.53 Å².